The maximum absolute atomic E-state index is 10.9. The SMILES string of the molecule is CC(C)NCCc1nc2ccc(C(=O)O)cc2[nH]1. The molecule has 0 atom stereocenters. The normalized spacial score (nSPS) is 11.3. The molecular formula is C13H17N3O2. The van der Waals surface area contributed by atoms with Gasteiger partial charge in [-0.25, -0.2) is 9.78 Å². The van der Waals surface area contributed by atoms with Crippen LogP contribution in [0.15, 0.2) is 18.2 Å². The molecule has 0 spiro atoms. The summed E-state index contributed by atoms with van der Waals surface area (Å²) in [7, 11) is 0. The lowest BCUT2D eigenvalue weighted by molar-refractivity contribution is 0.0697. The van der Waals surface area contributed by atoms with Gasteiger partial charge in [-0.05, 0) is 18.2 Å². The molecule has 1 aromatic carbocycles. The largest absolute Gasteiger partial charge is 0.478 e. The predicted molar refractivity (Wildman–Crippen MR) is 69.9 cm³/mol. The first-order valence-electron chi connectivity index (χ1n) is 6.01. The standard InChI is InChI=1S/C13H17N3O2/c1-8(2)14-6-5-12-15-10-4-3-9(13(17)18)7-11(10)16-12/h3-4,7-8,14H,5-6H2,1-2H3,(H,15,16)(H,17,18). The topological polar surface area (TPSA) is 78.0 Å². The molecule has 0 aliphatic carbocycles. The number of nitrogens with one attached hydrogen (secondary N) is 2. The van der Waals surface area contributed by atoms with Crippen LogP contribution in [-0.2, 0) is 6.42 Å². The highest BCUT2D eigenvalue weighted by Gasteiger charge is 2.07. The number of hydrogen-bond donors (Lipinski definition) is 3. The van der Waals surface area contributed by atoms with E-state index in [2.05, 4.69) is 29.1 Å². The second-order valence-corrected chi connectivity index (χ2v) is 4.58. The van der Waals surface area contributed by atoms with Crippen LogP contribution in [0.2, 0.25) is 0 Å². The smallest absolute Gasteiger partial charge is 0.335 e. The number of fused-ring (bicyclic) bond motifs is 1. The maximum Gasteiger partial charge on any atom is 0.335 e. The Morgan fingerprint density at radius 2 is 2.28 bits per heavy atom. The van der Waals surface area contributed by atoms with E-state index in [4.69, 9.17) is 5.11 Å². The number of aromatic carboxylic acids is 1. The van der Waals surface area contributed by atoms with Crippen molar-refractivity contribution in [3.05, 3.63) is 29.6 Å². The van der Waals surface area contributed by atoms with E-state index in [0.717, 1.165) is 29.8 Å². The summed E-state index contributed by atoms with van der Waals surface area (Å²) >= 11 is 0. The van der Waals surface area contributed by atoms with E-state index in [1.807, 2.05) is 0 Å². The van der Waals surface area contributed by atoms with Gasteiger partial charge >= 0.3 is 5.97 Å². The molecule has 1 aromatic heterocycles. The summed E-state index contributed by atoms with van der Waals surface area (Å²) in [6.45, 7) is 5.04. The van der Waals surface area contributed by atoms with Gasteiger partial charge in [0.05, 0.1) is 16.6 Å². The third-order valence-electron chi connectivity index (χ3n) is 2.69. The highest BCUT2D eigenvalue weighted by molar-refractivity contribution is 5.92. The minimum Gasteiger partial charge on any atom is -0.478 e. The average Bonchev–Trinajstić information content (AvgIpc) is 2.69. The fourth-order valence-corrected chi connectivity index (χ4v) is 1.79. The lowest BCUT2D eigenvalue weighted by Crippen LogP contribution is -2.25. The number of rotatable bonds is 5. The molecule has 5 heteroatoms. The van der Waals surface area contributed by atoms with Crippen LogP contribution in [-0.4, -0.2) is 33.6 Å². The molecule has 1 heterocycles. The van der Waals surface area contributed by atoms with Crippen LogP contribution >= 0.6 is 0 Å². The Kier molecular flexibility index (Phi) is 3.62. The molecule has 0 fully saturated rings. The molecule has 0 unspecified atom stereocenters. The lowest BCUT2D eigenvalue weighted by atomic mass is 10.2. The molecule has 0 amide bonds. The molecule has 2 aromatic rings. The Morgan fingerprint density at radius 1 is 1.50 bits per heavy atom. The number of carboxylic acid groups (broad SMARTS) is 1. The number of aromatic amines is 1. The number of carboxylic acids is 1. The molecule has 0 radical (unpaired) electrons. The lowest BCUT2D eigenvalue weighted by Gasteiger charge is -2.05. The Hall–Kier alpha value is -1.88. The molecule has 0 aliphatic rings. The molecule has 0 aliphatic heterocycles. The second-order valence-electron chi connectivity index (χ2n) is 4.58. The Labute approximate surface area is 105 Å². The van der Waals surface area contributed by atoms with Crippen molar-refractivity contribution >= 4 is 17.0 Å². The summed E-state index contributed by atoms with van der Waals surface area (Å²) in [5.74, 6) is -0.0461. The Morgan fingerprint density at radius 3 is 2.94 bits per heavy atom. The van der Waals surface area contributed by atoms with Gasteiger partial charge in [0.25, 0.3) is 0 Å². The highest BCUT2D eigenvalue weighted by atomic mass is 16.4. The van der Waals surface area contributed by atoms with Crippen LogP contribution in [0.1, 0.15) is 30.0 Å². The minimum atomic E-state index is -0.922. The van der Waals surface area contributed by atoms with E-state index in [1.165, 1.54) is 0 Å². The number of benzene rings is 1. The zero-order valence-electron chi connectivity index (χ0n) is 10.5. The molecular weight excluding hydrogens is 230 g/mol. The van der Waals surface area contributed by atoms with Gasteiger partial charge in [0, 0.05) is 19.0 Å². The number of carbonyl (C=O) groups is 1. The summed E-state index contributed by atoms with van der Waals surface area (Å²) in [6.07, 6.45) is 0.801. The van der Waals surface area contributed by atoms with E-state index in [9.17, 15) is 4.79 Å². The van der Waals surface area contributed by atoms with Crippen LogP contribution in [0, 0.1) is 0 Å². The van der Waals surface area contributed by atoms with Crippen LogP contribution in [0.3, 0.4) is 0 Å². The van der Waals surface area contributed by atoms with Gasteiger partial charge in [0.15, 0.2) is 0 Å². The summed E-state index contributed by atoms with van der Waals surface area (Å²) in [5, 5.41) is 12.2. The van der Waals surface area contributed by atoms with Gasteiger partial charge in [-0.2, -0.15) is 0 Å². The van der Waals surface area contributed by atoms with Crippen LogP contribution in [0.25, 0.3) is 11.0 Å². The molecule has 0 saturated carbocycles. The maximum atomic E-state index is 10.9. The van der Waals surface area contributed by atoms with Crippen LogP contribution in [0.4, 0.5) is 0 Å². The molecule has 96 valence electrons. The fourth-order valence-electron chi connectivity index (χ4n) is 1.79. The minimum absolute atomic E-state index is 0.276. The molecule has 3 N–H and O–H groups in total. The van der Waals surface area contributed by atoms with Gasteiger partial charge in [0.1, 0.15) is 5.82 Å². The summed E-state index contributed by atoms with van der Waals surface area (Å²) < 4.78 is 0. The van der Waals surface area contributed by atoms with Crippen molar-refractivity contribution in [2.75, 3.05) is 6.54 Å². The predicted octanol–water partition coefficient (Wildman–Crippen LogP) is 1.80. The zero-order chi connectivity index (χ0) is 13.1. The van der Waals surface area contributed by atoms with E-state index in [-0.39, 0.29) is 5.56 Å². The molecule has 0 bridgehead atoms. The van der Waals surface area contributed by atoms with Crippen molar-refractivity contribution in [1.29, 1.82) is 0 Å². The van der Waals surface area contributed by atoms with Crippen molar-refractivity contribution in [2.45, 2.75) is 26.3 Å². The van der Waals surface area contributed by atoms with Crippen molar-refractivity contribution < 1.29 is 9.90 Å². The molecule has 5 nitrogen and oxygen atoms in total. The summed E-state index contributed by atoms with van der Waals surface area (Å²) in [5.41, 5.74) is 1.85. The van der Waals surface area contributed by atoms with E-state index in [0.29, 0.717) is 6.04 Å². The van der Waals surface area contributed by atoms with Crippen molar-refractivity contribution in [1.82, 2.24) is 15.3 Å². The van der Waals surface area contributed by atoms with E-state index in [1.54, 1.807) is 18.2 Å². The first-order chi connectivity index (χ1) is 8.56. The number of aromatic nitrogens is 2. The highest BCUT2D eigenvalue weighted by Crippen LogP contribution is 2.14. The monoisotopic (exact) mass is 247 g/mol. The summed E-state index contributed by atoms with van der Waals surface area (Å²) in [6, 6.07) is 5.37. The van der Waals surface area contributed by atoms with E-state index >= 15 is 0 Å². The summed E-state index contributed by atoms with van der Waals surface area (Å²) in [4.78, 5) is 18.4. The number of H-pyrrole nitrogens is 1. The third kappa shape index (κ3) is 2.87. The molecule has 2 rings (SSSR count). The average molecular weight is 247 g/mol. The van der Waals surface area contributed by atoms with Gasteiger partial charge in [-0.15, -0.1) is 0 Å². The molecule has 18 heavy (non-hydrogen) atoms. The van der Waals surface area contributed by atoms with Crippen molar-refractivity contribution in [3.8, 4) is 0 Å². The first kappa shape index (κ1) is 12.6. The second kappa shape index (κ2) is 5.18. The van der Waals surface area contributed by atoms with Gasteiger partial charge < -0.3 is 15.4 Å². The Balaban J connectivity index is 2.14. The number of nitrogens with zero attached hydrogens (tertiary/aromatic N) is 1. The van der Waals surface area contributed by atoms with E-state index < -0.39 is 5.97 Å². The number of imidazole rings is 1. The van der Waals surface area contributed by atoms with Gasteiger partial charge in [-0.1, -0.05) is 13.8 Å². The molecule has 0 saturated heterocycles. The van der Waals surface area contributed by atoms with Crippen molar-refractivity contribution in [2.24, 2.45) is 0 Å². The zero-order valence-corrected chi connectivity index (χ0v) is 10.5. The van der Waals surface area contributed by atoms with Gasteiger partial charge in [0.2, 0.25) is 0 Å². The quantitative estimate of drug-likeness (QED) is 0.753. The van der Waals surface area contributed by atoms with Crippen molar-refractivity contribution in [3.63, 3.8) is 0 Å². The fraction of sp³-hybridized carbons (Fsp3) is 0.385. The number of hydrogen-bond acceptors (Lipinski definition) is 3. The van der Waals surface area contributed by atoms with Gasteiger partial charge in [-0.3, -0.25) is 0 Å². The third-order valence-corrected chi connectivity index (χ3v) is 2.69. The van der Waals surface area contributed by atoms with Crippen LogP contribution in [0.5, 0.6) is 0 Å². The first-order valence-corrected chi connectivity index (χ1v) is 6.01. The van der Waals surface area contributed by atoms with Crippen LogP contribution < -0.4 is 5.32 Å². The Bertz CT molecular complexity index is 560.